The molecule has 2 rings (SSSR count). The van der Waals surface area contributed by atoms with E-state index in [4.69, 9.17) is 16.3 Å². The Balaban J connectivity index is 2.61. The fourth-order valence-corrected chi connectivity index (χ4v) is 2.24. The Bertz CT molecular complexity index is 672. The zero-order chi connectivity index (χ0) is 15.1. The van der Waals surface area contributed by atoms with Gasteiger partial charge in [0.1, 0.15) is 12.2 Å². The number of aryl methyl sites for hydroxylation is 1. The van der Waals surface area contributed by atoms with Gasteiger partial charge in [0.15, 0.2) is 11.8 Å². The van der Waals surface area contributed by atoms with Gasteiger partial charge in [0.2, 0.25) is 0 Å². The molecule has 1 aliphatic heterocycles. The molecule has 8 heteroatoms. The van der Waals surface area contributed by atoms with Crippen molar-refractivity contribution in [2.24, 2.45) is 0 Å². The molecule has 0 spiro atoms. The molecule has 1 saturated heterocycles. The van der Waals surface area contributed by atoms with Gasteiger partial charge in [0, 0.05) is 11.8 Å². The fourth-order valence-electron chi connectivity index (χ4n) is 2.24. The van der Waals surface area contributed by atoms with Crippen molar-refractivity contribution in [2.75, 3.05) is 6.61 Å². The van der Waals surface area contributed by atoms with Crippen molar-refractivity contribution in [3.05, 3.63) is 32.6 Å². The first kappa shape index (κ1) is 14.5. The molecule has 0 aliphatic carbocycles. The highest BCUT2D eigenvalue weighted by Gasteiger charge is 2.55. The number of nitrogens with one attached hydrogen (secondary N) is 1. The number of aromatic amines is 1. The average Bonchev–Trinajstić information content (AvgIpc) is 2.63. The second-order valence-corrected chi connectivity index (χ2v) is 4.57. The van der Waals surface area contributed by atoms with Gasteiger partial charge >= 0.3 is 5.69 Å². The fraction of sp³-hybridized carbons (Fsp3) is 0.500. The third-order valence-electron chi connectivity index (χ3n) is 3.30. The Morgan fingerprint density at radius 3 is 2.75 bits per heavy atom. The summed E-state index contributed by atoms with van der Waals surface area (Å²) in [6, 6.07) is 1.13. The molecule has 0 bridgehead atoms. The van der Waals surface area contributed by atoms with E-state index in [9.17, 15) is 19.8 Å². The topological polar surface area (TPSA) is 125 Å². The van der Waals surface area contributed by atoms with Crippen LogP contribution in [0, 0.1) is 19.3 Å². The Labute approximate surface area is 113 Å². The van der Waals surface area contributed by atoms with E-state index in [1.54, 1.807) is 0 Å². The van der Waals surface area contributed by atoms with Crippen LogP contribution in [0.1, 0.15) is 11.9 Å². The van der Waals surface area contributed by atoms with E-state index in [1.165, 1.54) is 6.92 Å². The van der Waals surface area contributed by atoms with Crippen molar-refractivity contribution >= 4 is 0 Å². The molecule has 1 aromatic heterocycles. The molecule has 1 aliphatic rings. The third-order valence-corrected chi connectivity index (χ3v) is 3.30. The van der Waals surface area contributed by atoms with E-state index in [-0.39, 0.29) is 5.69 Å². The molecule has 1 fully saturated rings. The molecule has 8 nitrogen and oxygen atoms in total. The molecule has 108 valence electrons. The number of rotatable bonds is 2. The van der Waals surface area contributed by atoms with Crippen LogP contribution in [0.3, 0.4) is 0 Å². The van der Waals surface area contributed by atoms with E-state index in [0.717, 1.165) is 10.6 Å². The lowest BCUT2D eigenvalue weighted by molar-refractivity contribution is -0.0774. The second kappa shape index (κ2) is 4.88. The molecule has 0 radical (unpaired) electrons. The summed E-state index contributed by atoms with van der Waals surface area (Å²) in [6.45, 7) is 0.869. The van der Waals surface area contributed by atoms with E-state index >= 15 is 0 Å². The molecule has 2 unspecified atom stereocenters. The van der Waals surface area contributed by atoms with Gasteiger partial charge < -0.3 is 20.1 Å². The van der Waals surface area contributed by atoms with Crippen LogP contribution in [0.15, 0.2) is 15.7 Å². The zero-order valence-corrected chi connectivity index (χ0v) is 10.6. The number of hydrogen-bond donors (Lipinski definition) is 4. The molecular weight excluding hydrogens is 268 g/mol. The highest BCUT2D eigenvalue weighted by Crippen LogP contribution is 2.37. The molecular formula is C12H14N2O6. The van der Waals surface area contributed by atoms with E-state index in [0.29, 0.717) is 0 Å². The maximum atomic E-state index is 11.9. The Hall–Kier alpha value is -1.92. The smallest absolute Gasteiger partial charge is 0.330 e. The minimum absolute atomic E-state index is 0.197. The summed E-state index contributed by atoms with van der Waals surface area (Å²) in [5.41, 5.74) is -3.44. The lowest BCUT2D eigenvalue weighted by Crippen LogP contribution is -2.48. The number of hydrogen-bond acceptors (Lipinski definition) is 6. The van der Waals surface area contributed by atoms with Crippen LogP contribution < -0.4 is 11.2 Å². The van der Waals surface area contributed by atoms with Gasteiger partial charge in [-0.15, -0.1) is 6.42 Å². The summed E-state index contributed by atoms with van der Waals surface area (Å²) in [7, 11) is 0. The molecule has 1 aromatic rings. The second-order valence-electron chi connectivity index (χ2n) is 4.57. The van der Waals surface area contributed by atoms with Crippen molar-refractivity contribution in [1.82, 2.24) is 9.55 Å². The van der Waals surface area contributed by atoms with Crippen molar-refractivity contribution < 1.29 is 20.1 Å². The summed E-state index contributed by atoms with van der Waals surface area (Å²) in [4.78, 5) is 25.1. The van der Waals surface area contributed by atoms with Gasteiger partial charge in [-0.05, 0) is 6.92 Å². The van der Waals surface area contributed by atoms with Crippen LogP contribution in [0.2, 0.25) is 0 Å². The van der Waals surface area contributed by atoms with E-state index in [1.807, 2.05) is 10.9 Å². The molecule has 2 heterocycles. The summed E-state index contributed by atoms with van der Waals surface area (Å²) < 4.78 is 6.20. The standard InChI is InChI=1S/C12H14N2O6/c1-3-12(19)9(17)7(5-15)20-10(12)14-6(2)4-8(16)13-11(14)18/h1,4,7,9-10,15,17,19H,5H2,2H3,(H,13,16,18)/t7-,9?,10-,12?/m1/s1. The summed E-state index contributed by atoms with van der Waals surface area (Å²) in [5, 5.41) is 29.3. The lowest BCUT2D eigenvalue weighted by atomic mass is 9.95. The summed E-state index contributed by atoms with van der Waals surface area (Å²) >= 11 is 0. The van der Waals surface area contributed by atoms with Crippen LogP contribution in [-0.2, 0) is 4.74 Å². The number of aliphatic hydroxyl groups excluding tert-OH is 2. The van der Waals surface area contributed by atoms with Gasteiger partial charge in [-0.1, -0.05) is 5.92 Å². The van der Waals surface area contributed by atoms with E-state index < -0.39 is 41.9 Å². The number of terminal acetylenes is 1. The minimum atomic E-state index is -2.19. The van der Waals surface area contributed by atoms with Crippen molar-refractivity contribution in [1.29, 1.82) is 0 Å². The highest BCUT2D eigenvalue weighted by molar-refractivity contribution is 5.20. The van der Waals surface area contributed by atoms with Crippen LogP contribution in [-0.4, -0.2) is 49.3 Å². The molecule has 0 amide bonds. The Morgan fingerprint density at radius 2 is 2.25 bits per heavy atom. The van der Waals surface area contributed by atoms with Crippen molar-refractivity contribution in [3.8, 4) is 12.3 Å². The molecule has 20 heavy (non-hydrogen) atoms. The molecule has 0 saturated carbocycles. The first-order chi connectivity index (χ1) is 9.35. The van der Waals surface area contributed by atoms with Crippen molar-refractivity contribution in [2.45, 2.75) is 31.0 Å². The molecule has 0 aromatic carbocycles. The summed E-state index contributed by atoms with van der Waals surface area (Å²) in [6.07, 6.45) is 1.10. The zero-order valence-electron chi connectivity index (χ0n) is 10.6. The Kier molecular flexibility index (Phi) is 3.54. The molecule has 4 atom stereocenters. The molecule has 4 N–H and O–H groups in total. The van der Waals surface area contributed by atoms with Crippen molar-refractivity contribution in [3.63, 3.8) is 0 Å². The Morgan fingerprint density at radius 1 is 1.60 bits per heavy atom. The van der Waals surface area contributed by atoms with Gasteiger partial charge in [0.05, 0.1) is 6.61 Å². The first-order valence-corrected chi connectivity index (χ1v) is 5.82. The lowest BCUT2D eigenvalue weighted by Gasteiger charge is -2.27. The SMILES string of the molecule is C#CC1(O)C(O)[C@@H](CO)O[C@H]1n1c(C)cc(=O)[nH]c1=O. The maximum Gasteiger partial charge on any atom is 0.330 e. The monoisotopic (exact) mass is 282 g/mol. The van der Waals surface area contributed by atoms with Crippen LogP contribution >= 0.6 is 0 Å². The van der Waals surface area contributed by atoms with Crippen LogP contribution in [0.25, 0.3) is 0 Å². The van der Waals surface area contributed by atoms with Gasteiger partial charge in [-0.25, -0.2) is 4.79 Å². The average molecular weight is 282 g/mol. The van der Waals surface area contributed by atoms with Gasteiger partial charge in [-0.2, -0.15) is 0 Å². The number of nitrogens with zero attached hydrogens (tertiary/aromatic N) is 1. The summed E-state index contributed by atoms with van der Waals surface area (Å²) in [5.74, 6) is 1.99. The van der Waals surface area contributed by atoms with Gasteiger partial charge in [-0.3, -0.25) is 14.3 Å². The number of ether oxygens (including phenoxy) is 1. The maximum absolute atomic E-state index is 11.9. The van der Waals surface area contributed by atoms with Crippen LogP contribution in [0.5, 0.6) is 0 Å². The minimum Gasteiger partial charge on any atom is -0.394 e. The first-order valence-electron chi connectivity index (χ1n) is 5.82. The van der Waals surface area contributed by atoms with E-state index in [2.05, 4.69) is 0 Å². The third kappa shape index (κ3) is 1.97. The number of H-pyrrole nitrogens is 1. The largest absolute Gasteiger partial charge is 0.394 e. The predicted molar refractivity (Wildman–Crippen MR) is 66.8 cm³/mol. The van der Waals surface area contributed by atoms with Crippen LogP contribution in [0.4, 0.5) is 0 Å². The normalized spacial score (nSPS) is 33.0. The highest BCUT2D eigenvalue weighted by atomic mass is 16.6. The predicted octanol–water partition coefficient (Wildman–Crippen LogP) is -2.54. The quantitative estimate of drug-likeness (QED) is 0.443. The number of aromatic nitrogens is 2. The number of aliphatic hydroxyl groups is 3. The van der Waals surface area contributed by atoms with Gasteiger partial charge in [0.25, 0.3) is 5.56 Å².